The van der Waals surface area contributed by atoms with E-state index in [0.29, 0.717) is 6.07 Å². The minimum absolute atomic E-state index is 0.534. The molecule has 0 aliphatic carbocycles. The molecule has 0 aliphatic rings. The minimum Gasteiger partial charge on any atom is -0.392 e. The summed E-state index contributed by atoms with van der Waals surface area (Å²) in [5.74, 6) is 3.38. The average Bonchev–Trinajstić information content (AvgIpc) is 2.27. The van der Waals surface area contributed by atoms with Gasteiger partial charge in [0.2, 0.25) is 0 Å². The highest BCUT2D eigenvalue weighted by Crippen LogP contribution is 2.30. The first-order valence-corrected chi connectivity index (χ1v) is 4.01. The van der Waals surface area contributed by atoms with Crippen molar-refractivity contribution in [3.63, 3.8) is 0 Å². The lowest BCUT2D eigenvalue weighted by Gasteiger charge is -2.03. The lowest BCUT2D eigenvalue weighted by Crippen LogP contribution is -2.14. The standard InChI is InChI=1S/C7H6N4O6/c8-6-4(7(12)17-9)1-3(10(13)14)2-5(6)11(15)16/h1-2H,8-9H2. The molecule has 0 saturated carbocycles. The molecule has 0 atom stereocenters. The van der Waals surface area contributed by atoms with Crippen molar-refractivity contribution in [3.8, 4) is 0 Å². The first-order chi connectivity index (χ1) is 7.88. The van der Waals surface area contributed by atoms with Crippen LogP contribution in [-0.4, -0.2) is 15.8 Å². The Balaban J connectivity index is 3.54. The molecule has 0 spiro atoms. The number of non-ortho nitro benzene ring substituents is 1. The molecule has 0 radical (unpaired) electrons. The van der Waals surface area contributed by atoms with Crippen molar-refractivity contribution in [1.29, 1.82) is 0 Å². The van der Waals surface area contributed by atoms with Gasteiger partial charge >= 0.3 is 5.97 Å². The van der Waals surface area contributed by atoms with Crippen LogP contribution in [0.2, 0.25) is 0 Å². The first kappa shape index (κ1) is 12.3. The number of nitrogens with zero attached hydrogens (tertiary/aromatic N) is 2. The quantitative estimate of drug-likeness (QED) is 0.428. The fraction of sp³-hybridized carbons (Fsp3) is 0. The van der Waals surface area contributed by atoms with Crippen molar-refractivity contribution < 1.29 is 19.5 Å². The van der Waals surface area contributed by atoms with Gasteiger partial charge in [-0.25, -0.2) is 4.79 Å². The topological polar surface area (TPSA) is 165 Å². The Hall–Kier alpha value is -2.75. The molecule has 90 valence electrons. The van der Waals surface area contributed by atoms with E-state index in [1.54, 1.807) is 0 Å². The Labute approximate surface area is 93.0 Å². The van der Waals surface area contributed by atoms with Crippen molar-refractivity contribution in [2.75, 3.05) is 5.73 Å². The fourth-order valence-electron chi connectivity index (χ4n) is 1.11. The van der Waals surface area contributed by atoms with E-state index in [2.05, 4.69) is 10.7 Å². The summed E-state index contributed by atoms with van der Waals surface area (Å²) in [5, 5.41) is 21.1. The van der Waals surface area contributed by atoms with Gasteiger partial charge in [-0.3, -0.25) is 20.2 Å². The van der Waals surface area contributed by atoms with Gasteiger partial charge in [-0.1, -0.05) is 0 Å². The van der Waals surface area contributed by atoms with Crippen LogP contribution in [0.3, 0.4) is 0 Å². The van der Waals surface area contributed by atoms with Gasteiger partial charge in [-0.05, 0) is 0 Å². The van der Waals surface area contributed by atoms with Crippen molar-refractivity contribution >= 4 is 23.0 Å². The number of nitrogens with two attached hydrogens (primary N) is 2. The van der Waals surface area contributed by atoms with Crippen LogP contribution in [0.25, 0.3) is 0 Å². The normalized spacial score (nSPS) is 9.71. The number of hydrogen-bond acceptors (Lipinski definition) is 8. The summed E-state index contributed by atoms with van der Waals surface area (Å²) in [5.41, 5.74) is 2.80. The molecule has 10 nitrogen and oxygen atoms in total. The van der Waals surface area contributed by atoms with Crippen molar-refractivity contribution in [3.05, 3.63) is 37.9 Å². The van der Waals surface area contributed by atoms with E-state index in [9.17, 15) is 25.0 Å². The van der Waals surface area contributed by atoms with Crippen LogP contribution in [0.15, 0.2) is 12.1 Å². The lowest BCUT2D eigenvalue weighted by atomic mass is 10.1. The number of nitro benzene ring substituents is 2. The summed E-state index contributed by atoms with van der Waals surface area (Å²) in [7, 11) is 0. The molecule has 0 aromatic heterocycles. The molecule has 1 aromatic rings. The minimum atomic E-state index is -1.20. The summed E-state index contributed by atoms with van der Waals surface area (Å²) in [6.45, 7) is 0. The van der Waals surface area contributed by atoms with E-state index in [4.69, 9.17) is 5.73 Å². The Kier molecular flexibility index (Phi) is 3.19. The van der Waals surface area contributed by atoms with E-state index < -0.39 is 38.4 Å². The molecule has 1 aromatic carbocycles. The molecule has 1 rings (SSSR count). The third kappa shape index (κ3) is 2.26. The Morgan fingerprint density at radius 3 is 2.24 bits per heavy atom. The van der Waals surface area contributed by atoms with Gasteiger partial charge in [0.05, 0.1) is 21.5 Å². The lowest BCUT2D eigenvalue weighted by molar-refractivity contribution is -0.393. The fourth-order valence-corrected chi connectivity index (χ4v) is 1.11. The largest absolute Gasteiger partial charge is 0.392 e. The number of nitro groups is 2. The van der Waals surface area contributed by atoms with Gasteiger partial charge in [0, 0.05) is 6.07 Å². The van der Waals surface area contributed by atoms with Gasteiger partial charge in [-0.2, -0.15) is 5.90 Å². The Bertz CT molecular complexity index is 513. The third-order valence-electron chi connectivity index (χ3n) is 1.88. The zero-order valence-corrected chi connectivity index (χ0v) is 8.15. The van der Waals surface area contributed by atoms with Crippen LogP contribution in [0.1, 0.15) is 10.4 Å². The first-order valence-electron chi connectivity index (χ1n) is 4.01. The Morgan fingerprint density at radius 1 is 1.24 bits per heavy atom. The molecule has 0 fully saturated rings. The van der Waals surface area contributed by atoms with Crippen LogP contribution in [-0.2, 0) is 4.84 Å². The van der Waals surface area contributed by atoms with Gasteiger partial charge < -0.3 is 10.6 Å². The second-order valence-electron chi connectivity index (χ2n) is 2.85. The van der Waals surface area contributed by atoms with E-state index in [1.807, 2.05) is 0 Å². The average molecular weight is 242 g/mol. The second kappa shape index (κ2) is 4.40. The number of carbonyl (C=O) groups excluding carboxylic acids is 1. The molecule has 0 bridgehead atoms. The molecule has 4 N–H and O–H groups in total. The summed E-state index contributed by atoms with van der Waals surface area (Å²) >= 11 is 0. The van der Waals surface area contributed by atoms with Crippen molar-refractivity contribution in [1.82, 2.24) is 0 Å². The van der Waals surface area contributed by atoms with E-state index in [1.165, 1.54) is 0 Å². The van der Waals surface area contributed by atoms with E-state index >= 15 is 0 Å². The van der Waals surface area contributed by atoms with Crippen molar-refractivity contribution in [2.45, 2.75) is 0 Å². The van der Waals surface area contributed by atoms with Crippen LogP contribution in [0.5, 0.6) is 0 Å². The highest BCUT2D eigenvalue weighted by molar-refractivity contribution is 5.98. The zero-order chi connectivity index (χ0) is 13.2. The molecule has 0 saturated heterocycles. The predicted octanol–water partition coefficient (Wildman–Crippen LogP) is 0.116. The van der Waals surface area contributed by atoms with Crippen LogP contribution < -0.4 is 11.6 Å². The summed E-state index contributed by atoms with van der Waals surface area (Å²) < 4.78 is 0. The molecule has 0 aliphatic heterocycles. The number of benzene rings is 1. The number of nitrogen functional groups attached to an aromatic ring is 1. The van der Waals surface area contributed by atoms with E-state index in [0.717, 1.165) is 6.07 Å². The van der Waals surface area contributed by atoms with Gasteiger partial charge in [0.1, 0.15) is 5.69 Å². The summed E-state index contributed by atoms with van der Waals surface area (Å²) in [4.78, 5) is 34.2. The SMILES string of the molecule is NOC(=O)c1cc([N+](=O)[O-])cc([N+](=O)[O-])c1N. The molecule has 0 unspecified atom stereocenters. The molecular formula is C7H6N4O6. The monoisotopic (exact) mass is 242 g/mol. The maximum absolute atomic E-state index is 11.1. The number of rotatable bonds is 3. The Morgan fingerprint density at radius 2 is 1.82 bits per heavy atom. The summed E-state index contributed by atoms with van der Waals surface area (Å²) in [6, 6.07) is 1.39. The number of anilines is 1. The van der Waals surface area contributed by atoms with Gasteiger partial charge in [0.15, 0.2) is 0 Å². The third-order valence-corrected chi connectivity index (χ3v) is 1.88. The van der Waals surface area contributed by atoms with Crippen LogP contribution in [0, 0.1) is 20.2 Å². The summed E-state index contributed by atoms with van der Waals surface area (Å²) in [6.07, 6.45) is 0. The second-order valence-corrected chi connectivity index (χ2v) is 2.85. The van der Waals surface area contributed by atoms with Gasteiger partial charge in [-0.15, -0.1) is 0 Å². The smallest absolute Gasteiger partial charge is 0.359 e. The van der Waals surface area contributed by atoms with Crippen LogP contribution >= 0.6 is 0 Å². The zero-order valence-electron chi connectivity index (χ0n) is 8.15. The molecule has 0 amide bonds. The molecule has 17 heavy (non-hydrogen) atoms. The maximum Gasteiger partial charge on any atom is 0.359 e. The van der Waals surface area contributed by atoms with E-state index in [-0.39, 0.29) is 0 Å². The highest BCUT2D eigenvalue weighted by Gasteiger charge is 2.26. The number of hydrogen-bond donors (Lipinski definition) is 2. The molecular weight excluding hydrogens is 236 g/mol. The molecule has 10 heteroatoms. The van der Waals surface area contributed by atoms with Crippen molar-refractivity contribution in [2.24, 2.45) is 5.90 Å². The maximum atomic E-state index is 11.1. The molecule has 0 heterocycles. The number of carbonyl (C=O) groups is 1. The highest BCUT2D eigenvalue weighted by atomic mass is 16.7. The van der Waals surface area contributed by atoms with Gasteiger partial charge in [0.25, 0.3) is 11.4 Å². The predicted molar refractivity (Wildman–Crippen MR) is 53.8 cm³/mol. The van der Waals surface area contributed by atoms with Crippen LogP contribution in [0.4, 0.5) is 17.1 Å².